The summed E-state index contributed by atoms with van der Waals surface area (Å²) in [5.41, 5.74) is 3.67. The second-order valence-corrected chi connectivity index (χ2v) is 14.1. The van der Waals surface area contributed by atoms with Gasteiger partial charge >= 0.3 is 0 Å². The van der Waals surface area contributed by atoms with Gasteiger partial charge < -0.3 is 0 Å². The van der Waals surface area contributed by atoms with Crippen LogP contribution in [0.5, 0.6) is 0 Å². The van der Waals surface area contributed by atoms with Crippen LogP contribution in [0.3, 0.4) is 0 Å². The molecule has 2 fully saturated rings. The van der Waals surface area contributed by atoms with Gasteiger partial charge in [-0.2, -0.15) is 10.2 Å². The number of hydrazone groups is 1. The average Bonchev–Trinajstić information content (AvgIpc) is 3.75. The van der Waals surface area contributed by atoms with Crippen LogP contribution in [-0.2, 0) is 14.4 Å². The van der Waals surface area contributed by atoms with Crippen molar-refractivity contribution < 1.29 is 14.4 Å². The molecule has 3 aliphatic heterocycles. The van der Waals surface area contributed by atoms with E-state index in [1.54, 1.807) is 36.4 Å². The highest BCUT2D eigenvalue weighted by atomic mass is 35.5. The number of benzene rings is 4. The first kappa shape index (κ1) is 32.0. The van der Waals surface area contributed by atoms with Crippen molar-refractivity contribution in [2.24, 2.45) is 21.4 Å². The van der Waals surface area contributed by atoms with Crippen LogP contribution < -0.4 is 4.90 Å². The van der Waals surface area contributed by atoms with Crippen LogP contribution in [0, 0.1) is 5.92 Å². The predicted molar refractivity (Wildman–Crippen MR) is 191 cm³/mol. The van der Waals surface area contributed by atoms with Crippen molar-refractivity contribution in [3.05, 3.63) is 116 Å². The summed E-state index contributed by atoms with van der Waals surface area (Å²) < 4.78 is 0. The SMILES string of the molecule is O=C1[C@H]2N=NN(CC(=O)N3N=C4/C(=C/c5ccc(Cl)cc5Cl)CCC[C@H]4[C@H]3c3ccc(Cl)cc3Cl)[C@@H]2C(=O)N1c1cccc2ccccc12. The lowest BCUT2D eigenvalue weighted by Crippen LogP contribution is -2.45. The van der Waals surface area contributed by atoms with E-state index in [0.29, 0.717) is 31.3 Å². The molecule has 13 heteroatoms. The normalized spacial score (nSPS) is 23.9. The number of allylic oxidation sites excluding steroid dienone is 1. The number of nitrogens with zero attached hydrogens (tertiary/aromatic N) is 6. The fourth-order valence-electron chi connectivity index (χ4n) is 7.27. The number of imide groups is 1. The van der Waals surface area contributed by atoms with Gasteiger partial charge in [-0.25, -0.2) is 9.91 Å². The summed E-state index contributed by atoms with van der Waals surface area (Å²) in [7, 11) is 0. The second kappa shape index (κ2) is 12.6. The third-order valence-corrected chi connectivity index (χ3v) is 10.6. The predicted octanol–water partition coefficient (Wildman–Crippen LogP) is 8.57. The molecule has 0 N–H and O–H groups in total. The van der Waals surface area contributed by atoms with Crippen molar-refractivity contribution >= 4 is 92.4 Å². The highest BCUT2D eigenvalue weighted by Gasteiger charge is 2.56. The van der Waals surface area contributed by atoms with Gasteiger partial charge in [-0.05, 0) is 77.8 Å². The Kier molecular flexibility index (Phi) is 8.19. The minimum absolute atomic E-state index is 0.168. The highest BCUT2D eigenvalue weighted by Crippen LogP contribution is 2.47. The maximum atomic E-state index is 14.3. The first-order valence-corrected chi connectivity index (χ1v) is 17.3. The molecule has 9 nitrogen and oxygen atoms in total. The standard InChI is InChI=1S/C36H26Cl4N6O3/c37-22-12-11-20(27(39)16-22)15-21-7-3-9-26-31(21)42-46(33(26)25-14-13-23(38)17-28(25)40)30(47)18-44-34-32(41-43-44)35(48)45(36(34)49)29-10-4-6-19-5-1-2-8-24(19)29/h1-2,4-6,8,10-17,26,32-34H,3,7,9,18H2/b21-15+/t26-,32+,33-,34+/m1/s1. The van der Waals surface area contributed by atoms with Gasteiger partial charge in [0, 0.05) is 31.4 Å². The zero-order chi connectivity index (χ0) is 34.0. The molecule has 0 bridgehead atoms. The van der Waals surface area contributed by atoms with Gasteiger partial charge in [0.25, 0.3) is 17.7 Å². The summed E-state index contributed by atoms with van der Waals surface area (Å²) in [5, 5.41) is 19.5. The first-order valence-electron chi connectivity index (χ1n) is 15.7. The van der Waals surface area contributed by atoms with E-state index in [0.717, 1.165) is 51.8 Å². The van der Waals surface area contributed by atoms with E-state index in [9.17, 15) is 14.4 Å². The zero-order valence-corrected chi connectivity index (χ0v) is 28.7. The number of carbonyl (C=O) groups excluding carboxylic acids is 3. The minimum atomic E-state index is -1.06. The second-order valence-electron chi connectivity index (χ2n) is 12.4. The summed E-state index contributed by atoms with van der Waals surface area (Å²) in [4.78, 5) is 43.0. The first-order chi connectivity index (χ1) is 23.7. The smallest absolute Gasteiger partial charge is 0.264 e. The number of hydrogen-bond donors (Lipinski definition) is 0. The molecular weight excluding hydrogens is 706 g/mol. The topological polar surface area (TPSA) is 98.0 Å². The minimum Gasteiger partial charge on any atom is -0.271 e. The summed E-state index contributed by atoms with van der Waals surface area (Å²) in [6, 6.07) is 20.8. The molecule has 1 saturated heterocycles. The average molecular weight is 732 g/mol. The lowest BCUT2D eigenvalue weighted by molar-refractivity contribution is -0.136. The molecule has 4 atom stereocenters. The van der Waals surface area contributed by atoms with Crippen LogP contribution in [0.2, 0.25) is 20.1 Å². The molecule has 4 aliphatic rings. The van der Waals surface area contributed by atoms with Crippen molar-refractivity contribution in [1.82, 2.24) is 10.0 Å². The molecule has 0 radical (unpaired) electrons. The summed E-state index contributed by atoms with van der Waals surface area (Å²) in [6.45, 7) is -0.333. The molecule has 3 amide bonds. The molecule has 4 aromatic rings. The number of halogens is 4. The Labute approximate surface area is 301 Å². The van der Waals surface area contributed by atoms with Crippen LogP contribution in [0.4, 0.5) is 5.69 Å². The molecule has 8 rings (SSSR count). The van der Waals surface area contributed by atoms with E-state index in [2.05, 4.69) is 10.3 Å². The molecule has 0 spiro atoms. The number of amides is 3. The van der Waals surface area contributed by atoms with Gasteiger partial charge in [-0.3, -0.25) is 19.4 Å². The Morgan fingerprint density at radius 1 is 0.857 bits per heavy atom. The Morgan fingerprint density at radius 2 is 1.61 bits per heavy atom. The van der Waals surface area contributed by atoms with Crippen LogP contribution >= 0.6 is 46.4 Å². The summed E-state index contributed by atoms with van der Waals surface area (Å²) in [6.07, 6.45) is 4.35. The summed E-state index contributed by atoms with van der Waals surface area (Å²) >= 11 is 25.7. The molecule has 4 aromatic carbocycles. The Hall–Kier alpha value is -4.28. The quantitative estimate of drug-likeness (QED) is 0.192. The third kappa shape index (κ3) is 5.49. The van der Waals surface area contributed by atoms with Crippen molar-refractivity contribution in [3.63, 3.8) is 0 Å². The van der Waals surface area contributed by atoms with E-state index in [1.165, 1.54) is 10.0 Å². The molecule has 1 aliphatic carbocycles. The fraction of sp³-hybridized carbons (Fsp3) is 0.222. The van der Waals surface area contributed by atoms with Crippen LogP contribution in [0.25, 0.3) is 16.8 Å². The highest BCUT2D eigenvalue weighted by molar-refractivity contribution is 6.36. The molecular formula is C36H26Cl4N6O3. The molecule has 1 saturated carbocycles. The molecule has 49 heavy (non-hydrogen) atoms. The van der Waals surface area contributed by atoms with E-state index < -0.39 is 35.8 Å². The Balaban J connectivity index is 1.12. The monoisotopic (exact) mass is 730 g/mol. The van der Waals surface area contributed by atoms with Gasteiger partial charge in [0.05, 0.1) is 17.4 Å². The number of anilines is 1. The Bertz CT molecular complexity index is 2160. The van der Waals surface area contributed by atoms with Crippen molar-refractivity contribution in [3.8, 4) is 0 Å². The zero-order valence-electron chi connectivity index (χ0n) is 25.6. The summed E-state index contributed by atoms with van der Waals surface area (Å²) in [5.74, 6) is -1.57. The van der Waals surface area contributed by atoms with Crippen molar-refractivity contribution in [1.29, 1.82) is 0 Å². The number of fused-ring (bicyclic) bond motifs is 3. The fourth-order valence-corrected chi connectivity index (χ4v) is 8.25. The van der Waals surface area contributed by atoms with E-state index in [-0.39, 0.29) is 12.5 Å². The molecule has 0 aromatic heterocycles. The largest absolute Gasteiger partial charge is 0.271 e. The van der Waals surface area contributed by atoms with Gasteiger partial charge in [-0.15, -0.1) is 0 Å². The maximum Gasteiger partial charge on any atom is 0.264 e. The lowest BCUT2D eigenvalue weighted by atomic mass is 9.77. The lowest BCUT2D eigenvalue weighted by Gasteiger charge is -2.31. The number of hydrogen-bond acceptors (Lipinski definition) is 7. The van der Waals surface area contributed by atoms with E-state index in [1.807, 2.05) is 48.5 Å². The third-order valence-electron chi connectivity index (χ3n) is 9.49. The van der Waals surface area contributed by atoms with Crippen LogP contribution in [-0.4, -0.2) is 52.1 Å². The van der Waals surface area contributed by atoms with Gasteiger partial charge in [0.2, 0.25) is 0 Å². The van der Waals surface area contributed by atoms with Gasteiger partial charge in [0.1, 0.15) is 6.54 Å². The van der Waals surface area contributed by atoms with Crippen molar-refractivity contribution in [2.75, 3.05) is 11.4 Å². The van der Waals surface area contributed by atoms with Crippen LogP contribution in [0.1, 0.15) is 36.4 Å². The van der Waals surface area contributed by atoms with Gasteiger partial charge in [-0.1, -0.05) is 100 Å². The number of carbonyl (C=O) groups is 3. The molecule has 246 valence electrons. The van der Waals surface area contributed by atoms with Gasteiger partial charge in [0.15, 0.2) is 12.1 Å². The van der Waals surface area contributed by atoms with E-state index >= 15 is 0 Å². The molecule has 0 unspecified atom stereocenters. The molecule has 3 heterocycles. The Morgan fingerprint density at radius 3 is 2.41 bits per heavy atom. The van der Waals surface area contributed by atoms with E-state index in [4.69, 9.17) is 51.5 Å². The van der Waals surface area contributed by atoms with Crippen molar-refractivity contribution in [2.45, 2.75) is 37.4 Å². The van der Waals surface area contributed by atoms with Crippen LogP contribution in [0.15, 0.2) is 99.9 Å². The maximum absolute atomic E-state index is 14.3. The number of rotatable bonds is 5.